The molecule has 0 radical (unpaired) electrons. The van der Waals surface area contributed by atoms with Gasteiger partial charge in [0.25, 0.3) is 0 Å². The summed E-state index contributed by atoms with van der Waals surface area (Å²) in [5.41, 5.74) is 5.53. The molecule has 1 aromatic carbocycles. The Balaban J connectivity index is 1.90. The number of hydrogen-bond acceptors (Lipinski definition) is 1. The minimum Gasteiger partial charge on any atom is -0.318 e. The van der Waals surface area contributed by atoms with Crippen LogP contribution in [-0.4, -0.2) is 10.9 Å². The second-order valence-electron chi connectivity index (χ2n) is 6.21. The van der Waals surface area contributed by atoms with E-state index in [1.54, 1.807) is 0 Å². The fourth-order valence-electron chi connectivity index (χ4n) is 3.64. The van der Waals surface area contributed by atoms with E-state index < -0.39 is 0 Å². The van der Waals surface area contributed by atoms with Crippen LogP contribution in [-0.2, 0) is 0 Å². The number of benzene rings is 1. The summed E-state index contributed by atoms with van der Waals surface area (Å²) in [4.78, 5) is 11.1. The van der Waals surface area contributed by atoms with Gasteiger partial charge in [-0.3, -0.25) is 4.79 Å². The Morgan fingerprint density at radius 1 is 1.05 bits per heavy atom. The molecule has 2 nitrogen and oxygen atoms in total. The Bertz CT molecular complexity index is 630. The van der Waals surface area contributed by atoms with Gasteiger partial charge in [0.05, 0.1) is 0 Å². The highest BCUT2D eigenvalue weighted by atomic mass is 16.1. The standard InChI is InChI=1S/C19H23NO/c1-14-12-18(13-21)15(2)20(14)19-10-8-17(9-11-19)16-6-4-3-5-7-16/h8-13,16H,3-7H2,1-2H3. The number of rotatable bonds is 3. The highest BCUT2D eigenvalue weighted by molar-refractivity contribution is 5.77. The molecule has 0 spiro atoms. The van der Waals surface area contributed by atoms with E-state index in [1.807, 2.05) is 13.0 Å². The number of carbonyl (C=O) groups is 1. The molecule has 0 unspecified atom stereocenters. The second-order valence-corrected chi connectivity index (χ2v) is 6.21. The summed E-state index contributed by atoms with van der Waals surface area (Å²) < 4.78 is 2.16. The third kappa shape index (κ3) is 2.67. The highest BCUT2D eigenvalue weighted by Gasteiger charge is 2.16. The second kappa shape index (κ2) is 5.88. The van der Waals surface area contributed by atoms with E-state index >= 15 is 0 Å². The van der Waals surface area contributed by atoms with Gasteiger partial charge in [-0.25, -0.2) is 0 Å². The number of nitrogens with zero attached hydrogens (tertiary/aromatic N) is 1. The normalized spacial score (nSPS) is 16.1. The van der Waals surface area contributed by atoms with Gasteiger partial charge in [-0.15, -0.1) is 0 Å². The number of aryl methyl sites for hydroxylation is 1. The van der Waals surface area contributed by atoms with Gasteiger partial charge >= 0.3 is 0 Å². The number of aromatic nitrogens is 1. The molecule has 1 aliphatic carbocycles. The highest BCUT2D eigenvalue weighted by Crippen LogP contribution is 2.33. The molecule has 0 saturated heterocycles. The summed E-state index contributed by atoms with van der Waals surface area (Å²) in [7, 11) is 0. The Morgan fingerprint density at radius 3 is 2.29 bits per heavy atom. The molecule has 3 rings (SSSR count). The molecular formula is C19H23NO. The third-order valence-corrected chi connectivity index (χ3v) is 4.83. The fraction of sp³-hybridized carbons (Fsp3) is 0.421. The van der Waals surface area contributed by atoms with Crippen LogP contribution in [0.5, 0.6) is 0 Å². The summed E-state index contributed by atoms with van der Waals surface area (Å²) in [6, 6.07) is 10.9. The van der Waals surface area contributed by atoms with Gasteiger partial charge in [-0.2, -0.15) is 0 Å². The van der Waals surface area contributed by atoms with E-state index in [0.29, 0.717) is 0 Å². The van der Waals surface area contributed by atoms with Crippen LogP contribution in [0.1, 0.15) is 65.3 Å². The van der Waals surface area contributed by atoms with Crippen molar-refractivity contribution in [1.29, 1.82) is 0 Å². The fourth-order valence-corrected chi connectivity index (χ4v) is 3.64. The maximum Gasteiger partial charge on any atom is 0.151 e. The van der Waals surface area contributed by atoms with Crippen LogP contribution < -0.4 is 0 Å². The lowest BCUT2D eigenvalue weighted by Crippen LogP contribution is -2.05. The van der Waals surface area contributed by atoms with Crippen molar-refractivity contribution in [3.8, 4) is 5.69 Å². The topological polar surface area (TPSA) is 22.0 Å². The van der Waals surface area contributed by atoms with Crippen molar-refractivity contribution >= 4 is 6.29 Å². The van der Waals surface area contributed by atoms with Crippen molar-refractivity contribution in [2.45, 2.75) is 51.9 Å². The molecular weight excluding hydrogens is 258 g/mol. The molecule has 1 saturated carbocycles. The average molecular weight is 281 g/mol. The van der Waals surface area contributed by atoms with Crippen molar-refractivity contribution in [3.05, 3.63) is 52.8 Å². The first kappa shape index (κ1) is 14.1. The van der Waals surface area contributed by atoms with Gasteiger partial charge in [-0.1, -0.05) is 31.4 Å². The molecule has 1 fully saturated rings. The summed E-state index contributed by atoms with van der Waals surface area (Å²) in [5.74, 6) is 0.741. The molecule has 1 heterocycles. The summed E-state index contributed by atoms with van der Waals surface area (Å²) >= 11 is 0. The van der Waals surface area contributed by atoms with Crippen molar-refractivity contribution < 1.29 is 4.79 Å². The smallest absolute Gasteiger partial charge is 0.151 e. The van der Waals surface area contributed by atoms with E-state index in [-0.39, 0.29) is 0 Å². The Morgan fingerprint density at radius 2 is 1.71 bits per heavy atom. The zero-order chi connectivity index (χ0) is 14.8. The summed E-state index contributed by atoms with van der Waals surface area (Å²) in [6.07, 6.45) is 7.72. The van der Waals surface area contributed by atoms with Gasteiger partial charge in [0, 0.05) is 22.6 Å². The Kier molecular flexibility index (Phi) is 3.96. The molecule has 21 heavy (non-hydrogen) atoms. The Hall–Kier alpha value is -1.83. The summed E-state index contributed by atoms with van der Waals surface area (Å²) in [6.45, 7) is 4.06. The quantitative estimate of drug-likeness (QED) is 0.729. The van der Waals surface area contributed by atoms with E-state index in [9.17, 15) is 4.79 Å². The maximum absolute atomic E-state index is 11.1. The van der Waals surface area contributed by atoms with E-state index in [4.69, 9.17) is 0 Å². The average Bonchev–Trinajstić information content (AvgIpc) is 2.82. The molecule has 0 amide bonds. The number of hydrogen-bond donors (Lipinski definition) is 0. The molecule has 2 aromatic rings. The van der Waals surface area contributed by atoms with E-state index in [2.05, 4.69) is 35.8 Å². The molecule has 110 valence electrons. The predicted molar refractivity (Wildman–Crippen MR) is 86.5 cm³/mol. The van der Waals surface area contributed by atoms with E-state index in [0.717, 1.165) is 34.8 Å². The number of aldehydes is 1. The first-order valence-corrected chi connectivity index (χ1v) is 7.95. The SMILES string of the molecule is Cc1cc(C=O)c(C)n1-c1ccc(C2CCCCC2)cc1. The first-order chi connectivity index (χ1) is 10.2. The monoisotopic (exact) mass is 281 g/mol. The number of carbonyl (C=O) groups excluding carboxylic acids is 1. The van der Waals surface area contributed by atoms with Crippen LogP contribution in [0.25, 0.3) is 5.69 Å². The van der Waals surface area contributed by atoms with E-state index in [1.165, 1.54) is 37.7 Å². The van der Waals surface area contributed by atoms with Crippen molar-refractivity contribution in [1.82, 2.24) is 4.57 Å². The first-order valence-electron chi connectivity index (χ1n) is 7.95. The summed E-state index contributed by atoms with van der Waals surface area (Å²) in [5, 5.41) is 0. The largest absolute Gasteiger partial charge is 0.318 e. The maximum atomic E-state index is 11.1. The predicted octanol–water partition coefficient (Wildman–Crippen LogP) is 4.95. The minimum absolute atomic E-state index is 0.741. The van der Waals surface area contributed by atoms with Crippen LogP contribution in [0.15, 0.2) is 30.3 Å². The molecule has 0 aliphatic heterocycles. The Labute approximate surface area is 126 Å². The molecule has 1 aliphatic rings. The lowest BCUT2D eigenvalue weighted by molar-refractivity contribution is 0.112. The van der Waals surface area contributed by atoms with Crippen LogP contribution in [0, 0.1) is 13.8 Å². The van der Waals surface area contributed by atoms with Crippen molar-refractivity contribution in [2.75, 3.05) is 0 Å². The zero-order valence-corrected chi connectivity index (χ0v) is 12.9. The van der Waals surface area contributed by atoms with Crippen LogP contribution in [0.4, 0.5) is 0 Å². The third-order valence-electron chi connectivity index (χ3n) is 4.83. The van der Waals surface area contributed by atoms with Gasteiger partial charge < -0.3 is 4.57 Å². The van der Waals surface area contributed by atoms with Crippen LogP contribution >= 0.6 is 0 Å². The van der Waals surface area contributed by atoms with Gasteiger partial charge in [0.1, 0.15) is 0 Å². The molecule has 0 bridgehead atoms. The van der Waals surface area contributed by atoms with Crippen LogP contribution in [0.3, 0.4) is 0 Å². The zero-order valence-electron chi connectivity index (χ0n) is 12.9. The van der Waals surface area contributed by atoms with Gasteiger partial charge in [-0.05, 0) is 56.4 Å². The minimum atomic E-state index is 0.741. The lowest BCUT2D eigenvalue weighted by Gasteiger charge is -2.22. The van der Waals surface area contributed by atoms with Crippen molar-refractivity contribution in [3.63, 3.8) is 0 Å². The molecule has 2 heteroatoms. The van der Waals surface area contributed by atoms with Gasteiger partial charge in [0.2, 0.25) is 0 Å². The van der Waals surface area contributed by atoms with Gasteiger partial charge in [0.15, 0.2) is 6.29 Å². The molecule has 1 aromatic heterocycles. The molecule has 0 atom stereocenters. The lowest BCUT2D eigenvalue weighted by atomic mass is 9.84. The molecule has 0 N–H and O–H groups in total. The van der Waals surface area contributed by atoms with Crippen LogP contribution in [0.2, 0.25) is 0 Å². The van der Waals surface area contributed by atoms with Crippen molar-refractivity contribution in [2.24, 2.45) is 0 Å².